The minimum atomic E-state index is -0.0568. The number of furan rings is 1. The van der Waals surface area contributed by atoms with Crippen LogP contribution in [0.3, 0.4) is 0 Å². The van der Waals surface area contributed by atoms with Crippen molar-refractivity contribution < 1.29 is 9.21 Å². The van der Waals surface area contributed by atoms with E-state index in [1.165, 1.54) is 11.8 Å². The third-order valence-electron chi connectivity index (χ3n) is 6.03. The van der Waals surface area contributed by atoms with Crippen LogP contribution in [0, 0.1) is 13.8 Å². The number of aryl methyl sites for hydroxylation is 1. The number of hydrogen-bond acceptors (Lipinski definition) is 4. The minimum absolute atomic E-state index is 0. The van der Waals surface area contributed by atoms with Crippen molar-refractivity contribution in [1.29, 1.82) is 0 Å². The first kappa shape index (κ1) is 25.8. The second-order valence-electron chi connectivity index (χ2n) is 8.22. The summed E-state index contributed by atoms with van der Waals surface area (Å²) in [4.78, 5) is 21.5. The van der Waals surface area contributed by atoms with Gasteiger partial charge in [0.1, 0.15) is 0 Å². The van der Waals surface area contributed by atoms with Crippen molar-refractivity contribution >= 4 is 35.8 Å². The molecule has 0 bridgehead atoms. The van der Waals surface area contributed by atoms with Crippen LogP contribution in [-0.4, -0.2) is 64.2 Å². The fraction of sp³-hybridized carbons (Fsp3) is 0.400. The molecule has 0 saturated carbocycles. The number of guanidine groups is 1. The van der Waals surface area contributed by atoms with Crippen molar-refractivity contribution in [1.82, 2.24) is 24.9 Å². The van der Waals surface area contributed by atoms with Crippen LogP contribution in [-0.2, 0) is 13.1 Å². The Morgan fingerprint density at radius 3 is 2.41 bits per heavy atom. The van der Waals surface area contributed by atoms with E-state index in [0.717, 1.165) is 49.1 Å². The Morgan fingerprint density at radius 2 is 1.76 bits per heavy atom. The molecule has 34 heavy (non-hydrogen) atoms. The van der Waals surface area contributed by atoms with E-state index >= 15 is 0 Å². The number of aliphatic imine (C=N–C) groups is 1. The Hall–Kier alpha value is -2.82. The van der Waals surface area contributed by atoms with E-state index in [1.54, 1.807) is 12.1 Å². The van der Waals surface area contributed by atoms with Crippen molar-refractivity contribution in [3.05, 3.63) is 77.0 Å². The number of halogens is 1. The van der Waals surface area contributed by atoms with Gasteiger partial charge in [-0.2, -0.15) is 5.10 Å². The number of rotatable bonds is 6. The van der Waals surface area contributed by atoms with Crippen LogP contribution >= 0.6 is 24.0 Å². The number of aromatic nitrogens is 2. The van der Waals surface area contributed by atoms with E-state index in [0.29, 0.717) is 25.4 Å². The van der Waals surface area contributed by atoms with Gasteiger partial charge in [0.15, 0.2) is 11.7 Å². The van der Waals surface area contributed by atoms with Crippen LogP contribution in [0.15, 0.2) is 58.1 Å². The molecule has 0 atom stereocenters. The molecule has 8 nitrogen and oxygen atoms in total. The zero-order valence-electron chi connectivity index (χ0n) is 20.0. The molecule has 1 amide bonds. The van der Waals surface area contributed by atoms with Gasteiger partial charge >= 0.3 is 0 Å². The molecule has 1 aliphatic heterocycles. The lowest BCUT2D eigenvalue weighted by molar-refractivity contribution is 0.0657. The number of piperazine rings is 1. The minimum Gasteiger partial charge on any atom is -0.459 e. The van der Waals surface area contributed by atoms with Crippen molar-refractivity contribution in [2.75, 3.05) is 32.7 Å². The number of benzene rings is 1. The standard InChI is InChI=1S/C25H32N6O2.HI/c1-4-26-25(30-14-12-29(13-15-30)24(32)23-11-8-16-33-23)27-17-22-19(2)28-31(20(22)3)18-21-9-6-5-7-10-21;/h5-11,16H,4,12-15,17-18H2,1-3H3,(H,26,27);1H. The predicted molar refractivity (Wildman–Crippen MR) is 144 cm³/mol. The van der Waals surface area contributed by atoms with Crippen LogP contribution in [0.5, 0.6) is 0 Å². The third-order valence-corrected chi connectivity index (χ3v) is 6.03. The second kappa shape index (κ2) is 12.0. The monoisotopic (exact) mass is 576 g/mol. The van der Waals surface area contributed by atoms with Crippen molar-refractivity contribution in [2.45, 2.75) is 33.9 Å². The number of nitrogens with zero attached hydrogens (tertiary/aromatic N) is 5. The van der Waals surface area contributed by atoms with Gasteiger partial charge in [0, 0.05) is 44.0 Å². The molecule has 3 heterocycles. The summed E-state index contributed by atoms with van der Waals surface area (Å²) in [6.45, 7) is 11.1. The van der Waals surface area contributed by atoms with Crippen LogP contribution in [0.1, 0.15) is 40.0 Å². The fourth-order valence-corrected chi connectivity index (χ4v) is 4.13. The van der Waals surface area contributed by atoms with Gasteiger partial charge < -0.3 is 19.5 Å². The molecule has 0 spiro atoms. The summed E-state index contributed by atoms with van der Waals surface area (Å²) in [6.07, 6.45) is 1.53. The summed E-state index contributed by atoms with van der Waals surface area (Å²) < 4.78 is 7.32. The van der Waals surface area contributed by atoms with Crippen LogP contribution in [0.4, 0.5) is 0 Å². The highest BCUT2D eigenvalue weighted by Crippen LogP contribution is 2.17. The molecule has 2 aromatic heterocycles. The maximum Gasteiger partial charge on any atom is 0.289 e. The van der Waals surface area contributed by atoms with Gasteiger partial charge in [-0.25, -0.2) is 4.99 Å². The van der Waals surface area contributed by atoms with Crippen LogP contribution in [0.2, 0.25) is 0 Å². The zero-order valence-corrected chi connectivity index (χ0v) is 22.4. The maximum absolute atomic E-state index is 12.5. The van der Waals surface area contributed by atoms with Gasteiger partial charge in [-0.05, 0) is 38.5 Å². The van der Waals surface area contributed by atoms with Gasteiger partial charge in [0.05, 0.1) is 25.0 Å². The topological polar surface area (TPSA) is 78.9 Å². The van der Waals surface area contributed by atoms with Crippen molar-refractivity contribution in [2.24, 2.45) is 4.99 Å². The lowest BCUT2D eigenvalue weighted by Gasteiger charge is -2.36. The molecule has 0 unspecified atom stereocenters. The quantitative estimate of drug-likeness (QED) is 0.275. The lowest BCUT2D eigenvalue weighted by atomic mass is 10.2. The summed E-state index contributed by atoms with van der Waals surface area (Å²) in [5.41, 5.74) is 4.54. The second-order valence-corrected chi connectivity index (χ2v) is 8.22. The SMILES string of the molecule is CCNC(=NCc1c(C)nn(Cc2ccccc2)c1C)N1CCN(C(=O)c2ccco2)CC1.I. The van der Waals surface area contributed by atoms with Crippen molar-refractivity contribution in [3.63, 3.8) is 0 Å². The zero-order chi connectivity index (χ0) is 23.2. The first-order valence-electron chi connectivity index (χ1n) is 11.5. The van der Waals surface area contributed by atoms with Gasteiger partial charge in [0.2, 0.25) is 0 Å². The Balaban J connectivity index is 0.00000324. The molecule has 182 valence electrons. The number of amides is 1. The Morgan fingerprint density at radius 1 is 1.06 bits per heavy atom. The smallest absolute Gasteiger partial charge is 0.289 e. The number of hydrogen-bond donors (Lipinski definition) is 1. The van der Waals surface area contributed by atoms with E-state index in [-0.39, 0.29) is 29.9 Å². The highest BCUT2D eigenvalue weighted by Gasteiger charge is 2.25. The fourth-order valence-electron chi connectivity index (χ4n) is 4.13. The maximum atomic E-state index is 12.5. The summed E-state index contributed by atoms with van der Waals surface area (Å²) in [7, 11) is 0. The summed E-state index contributed by atoms with van der Waals surface area (Å²) in [6, 6.07) is 13.8. The largest absolute Gasteiger partial charge is 0.459 e. The highest BCUT2D eigenvalue weighted by molar-refractivity contribution is 14.0. The van der Waals surface area contributed by atoms with E-state index in [4.69, 9.17) is 14.5 Å². The molecule has 3 aromatic rings. The molecule has 0 aliphatic carbocycles. The molecule has 1 saturated heterocycles. The van der Waals surface area contributed by atoms with E-state index in [9.17, 15) is 4.79 Å². The summed E-state index contributed by atoms with van der Waals surface area (Å²) in [5, 5.41) is 8.16. The first-order chi connectivity index (χ1) is 16.1. The molecular weight excluding hydrogens is 543 g/mol. The number of carbonyl (C=O) groups is 1. The number of carbonyl (C=O) groups excluding carboxylic acids is 1. The van der Waals surface area contributed by atoms with Crippen molar-refractivity contribution in [3.8, 4) is 0 Å². The van der Waals surface area contributed by atoms with Gasteiger partial charge in [-0.1, -0.05) is 30.3 Å². The Kier molecular flexibility index (Phi) is 9.14. The van der Waals surface area contributed by atoms with Crippen LogP contribution < -0.4 is 5.32 Å². The van der Waals surface area contributed by atoms with Gasteiger partial charge in [-0.3, -0.25) is 9.48 Å². The highest BCUT2D eigenvalue weighted by atomic mass is 127. The molecule has 4 rings (SSSR count). The number of nitrogens with one attached hydrogen (secondary N) is 1. The molecule has 1 N–H and O–H groups in total. The van der Waals surface area contributed by atoms with E-state index < -0.39 is 0 Å². The molecule has 1 aliphatic rings. The van der Waals surface area contributed by atoms with Gasteiger partial charge in [0.25, 0.3) is 5.91 Å². The van der Waals surface area contributed by atoms with Crippen LogP contribution in [0.25, 0.3) is 0 Å². The molecule has 9 heteroatoms. The average Bonchev–Trinajstić information content (AvgIpc) is 3.46. The molecule has 1 aromatic carbocycles. The van der Waals surface area contributed by atoms with Gasteiger partial charge in [-0.15, -0.1) is 24.0 Å². The average molecular weight is 576 g/mol. The molecular formula is C25H33IN6O2. The summed E-state index contributed by atoms with van der Waals surface area (Å²) >= 11 is 0. The van der Waals surface area contributed by atoms with E-state index in [1.807, 2.05) is 17.9 Å². The summed E-state index contributed by atoms with van der Waals surface area (Å²) in [5.74, 6) is 1.21. The molecule has 1 fully saturated rings. The lowest BCUT2D eigenvalue weighted by Crippen LogP contribution is -2.53. The predicted octanol–water partition coefficient (Wildman–Crippen LogP) is 3.68. The third kappa shape index (κ3) is 5.99. The van der Waals surface area contributed by atoms with E-state index in [2.05, 4.69) is 53.0 Å². The first-order valence-corrected chi connectivity index (χ1v) is 11.5. The Labute approximate surface area is 218 Å². The normalized spacial score (nSPS) is 14.1. The molecule has 0 radical (unpaired) electrons. The Bertz CT molecular complexity index is 1090.